The van der Waals surface area contributed by atoms with Crippen molar-refractivity contribution in [3.8, 4) is 11.5 Å². The molecule has 0 fully saturated rings. The quantitative estimate of drug-likeness (QED) is 0.189. The van der Waals surface area contributed by atoms with Gasteiger partial charge >= 0.3 is 11.8 Å². The second kappa shape index (κ2) is 14.3. The number of hydrazone groups is 1. The molecule has 0 aliphatic rings. The fraction of sp³-hybridized carbons (Fsp3) is 0.333. The predicted molar refractivity (Wildman–Crippen MR) is 128 cm³/mol. The minimum atomic E-state index is -0.873. The molecular formula is C24H30N4O6. The van der Waals surface area contributed by atoms with Crippen molar-refractivity contribution in [2.45, 2.75) is 26.4 Å². The van der Waals surface area contributed by atoms with Gasteiger partial charge in [0.25, 0.3) is 5.91 Å². The first kappa shape index (κ1) is 26.3. The van der Waals surface area contributed by atoms with Crippen molar-refractivity contribution in [2.75, 3.05) is 32.2 Å². The Morgan fingerprint density at radius 2 is 1.79 bits per heavy atom. The van der Waals surface area contributed by atoms with Crippen molar-refractivity contribution in [3.63, 3.8) is 0 Å². The fourth-order valence-electron chi connectivity index (χ4n) is 2.62. The number of hydrogen-bond donors (Lipinski definition) is 3. The predicted octanol–water partition coefficient (Wildman–Crippen LogP) is 2.09. The molecule has 0 spiro atoms. The van der Waals surface area contributed by atoms with Crippen molar-refractivity contribution in [3.05, 3.63) is 54.1 Å². The third-order valence-electron chi connectivity index (χ3n) is 4.23. The summed E-state index contributed by atoms with van der Waals surface area (Å²) in [5.41, 5.74) is 3.37. The number of ether oxygens (including phenoxy) is 3. The molecule has 2 aromatic carbocycles. The summed E-state index contributed by atoms with van der Waals surface area (Å²) >= 11 is 0. The fourth-order valence-corrected chi connectivity index (χ4v) is 2.62. The molecular weight excluding hydrogens is 440 g/mol. The standard InChI is InChI=1S/C24H30N4O6/c1-17(2)33-12-6-11-25-23(30)24(31)28-26-15-18-7-4-10-21(13-18)34-16-22(29)27-19-8-5-9-20(14-19)32-3/h4-5,7-10,13-15,17H,6,11-12,16H2,1-3H3,(H,25,30)(H,27,29)(H,28,31)/b26-15-. The molecule has 0 saturated heterocycles. The number of nitrogens with one attached hydrogen (secondary N) is 3. The van der Waals surface area contributed by atoms with Crippen LogP contribution in [0.25, 0.3) is 0 Å². The van der Waals surface area contributed by atoms with Gasteiger partial charge in [-0.15, -0.1) is 0 Å². The molecule has 3 amide bonds. The Kier molecular flexibility index (Phi) is 11.1. The van der Waals surface area contributed by atoms with Gasteiger partial charge in [-0.1, -0.05) is 18.2 Å². The van der Waals surface area contributed by atoms with Crippen molar-refractivity contribution in [2.24, 2.45) is 5.10 Å². The minimum absolute atomic E-state index is 0.119. The first-order valence-electron chi connectivity index (χ1n) is 10.8. The Labute approximate surface area is 198 Å². The molecule has 0 saturated carbocycles. The molecule has 0 unspecified atom stereocenters. The summed E-state index contributed by atoms with van der Waals surface area (Å²) in [5, 5.41) is 9.00. The molecule has 0 aliphatic carbocycles. The molecule has 3 N–H and O–H groups in total. The van der Waals surface area contributed by atoms with Crippen molar-refractivity contribution in [1.82, 2.24) is 10.7 Å². The van der Waals surface area contributed by atoms with Crippen LogP contribution in [0.2, 0.25) is 0 Å². The van der Waals surface area contributed by atoms with Crippen LogP contribution in [0.1, 0.15) is 25.8 Å². The monoisotopic (exact) mass is 470 g/mol. The van der Waals surface area contributed by atoms with Crippen molar-refractivity contribution < 1.29 is 28.6 Å². The Morgan fingerprint density at radius 1 is 1.03 bits per heavy atom. The zero-order chi connectivity index (χ0) is 24.8. The number of anilines is 1. The van der Waals surface area contributed by atoms with Gasteiger partial charge in [0.05, 0.1) is 19.4 Å². The van der Waals surface area contributed by atoms with Gasteiger partial charge in [-0.3, -0.25) is 14.4 Å². The summed E-state index contributed by atoms with van der Waals surface area (Å²) in [5.74, 6) is -0.909. The van der Waals surface area contributed by atoms with Crippen LogP contribution in [0.3, 0.4) is 0 Å². The van der Waals surface area contributed by atoms with E-state index in [2.05, 4.69) is 21.2 Å². The lowest BCUT2D eigenvalue weighted by Crippen LogP contribution is -2.38. The Balaban J connectivity index is 1.75. The number of methoxy groups -OCH3 is 1. The molecule has 0 atom stereocenters. The lowest BCUT2D eigenvalue weighted by molar-refractivity contribution is -0.139. The van der Waals surface area contributed by atoms with E-state index < -0.39 is 11.8 Å². The summed E-state index contributed by atoms with van der Waals surface area (Å²) in [6.45, 7) is 4.47. The number of carbonyl (C=O) groups excluding carboxylic acids is 3. The van der Waals surface area contributed by atoms with Crippen LogP contribution in [-0.4, -0.2) is 56.9 Å². The first-order chi connectivity index (χ1) is 16.4. The number of nitrogens with zero attached hydrogens (tertiary/aromatic N) is 1. The highest BCUT2D eigenvalue weighted by molar-refractivity contribution is 6.35. The average molecular weight is 471 g/mol. The number of amides is 3. The molecule has 2 aromatic rings. The molecule has 0 bridgehead atoms. The van der Waals surface area contributed by atoms with Crippen molar-refractivity contribution in [1.29, 1.82) is 0 Å². The molecule has 182 valence electrons. The smallest absolute Gasteiger partial charge is 0.329 e. The molecule has 0 radical (unpaired) electrons. The van der Waals surface area contributed by atoms with E-state index in [0.29, 0.717) is 42.3 Å². The lowest BCUT2D eigenvalue weighted by Gasteiger charge is -2.09. The third kappa shape index (κ3) is 10.1. The van der Waals surface area contributed by atoms with E-state index in [1.54, 1.807) is 55.6 Å². The van der Waals surface area contributed by atoms with Gasteiger partial charge in [0.15, 0.2) is 6.61 Å². The van der Waals surface area contributed by atoms with Crippen LogP contribution in [-0.2, 0) is 19.1 Å². The molecule has 34 heavy (non-hydrogen) atoms. The highest BCUT2D eigenvalue weighted by Crippen LogP contribution is 2.17. The van der Waals surface area contributed by atoms with E-state index in [4.69, 9.17) is 14.2 Å². The van der Waals surface area contributed by atoms with Crippen molar-refractivity contribution >= 4 is 29.6 Å². The molecule has 2 rings (SSSR count). The lowest BCUT2D eigenvalue weighted by atomic mass is 10.2. The molecule has 10 nitrogen and oxygen atoms in total. The zero-order valence-electron chi connectivity index (χ0n) is 19.5. The summed E-state index contributed by atoms with van der Waals surface area (Å²) < 4.78 is 16.0. The SMILES string of the molecule is COc1cccc(NC(=O)COc2cccc(/C=N\NC(=O)C(=O)NCCCOC(C)C)c2)c1. The number of hydrogen-bond acceptors (Lipinski definition) is 7. The zero-order valence-corrected chi connectivity index (χ0v) is 19.5. The van der Waals surface area contributed by atoms with Crippen LogP contribution < -0.4 is 25.5 Å². The molecule has 0 aliphatic heterocycles. The van der Waals surface area contributed by atoms with Crippen LogP contribution in [0.5, 0.6) is 11.5 Å². The maximum absolute atomic E-state index is 12.1. The summed E-state index contributed by atoms with van der Waals surface area (Å²) in [7, 11) is 1.55. The van der Waals surface area contributed by atoms with E-state index in [0.717, 1.165) is 0 Å². The van der Waals surface area contributed by atoms with Gasteiger partial charge in [-0.05, 0) is 50.1 Å². The summed E-state index contributed by atoms with van der Waals surface area (Å²) in [6.07, 6.45) is 2.09. The Bertz CT molecular complexity index is 993. The highest BCUT2D eigenvalue weighted by atomic mass is 16.5. The minimum Gasteiger partial charge on any atom is -0.497 e. The van der Waals surface area contributed by atoms with Crippen LogP contribution in [0.4, 0.5) is 5.69 Å². The van der Waals surface area contributed by atoms with Gasteiger partial charge in [0, 0.05) is 24.9 Å². The average Bonchev–Trinajstić information content (AvgIpc) is 2.82. The highest BCUT2D eigenvalue weighted by Gasteiger charge is 2.11. The first-order valence-corrected chi connectivity index (χ1v) is 10.8. The number of carbonyl (C=O) groups is 3. The van der Waals surface area contributed by atoms with Crippen LogP contribution in [0.15, 0.2) is 53.6 Å². The van der Waals surface area contributed by atoms with E-state index >= 15 is 0 Å². The van der Waals surface area contributed by atoms with Crippen LogP contribution >= 0.6 is 0 Å². The third-order valence-corrected chi connectivity index (χ3v) is 4.23. The maximum Gasteiger partial charge on any atom is 0.329 e. The van der Waals surface area contributed by atoms with E-state index in [-0.39, 0.29) is 18.6 Å². The molecule has 0 aromatic heterocycles. The van der Waals surface area contributed by atoms with Crippen LogP contribution in [0, 0.1) is 0 Å². The summed E-state index contributed by atoms with van der Waals surface area (Å²) in [6, 6.07) is 13.8. The van der Waals surface area contributed by atoms with Gasteiger partial charge in [-0.25, -0.2) is 5.43 Å². The second-order valence-electron chi connectivity index (χ2n) is 7.37. The Hall–Kier alpha value is -3.92. The molecule has 10 heteroatoms. The maximum atomic E-state index is 12.1. The van der Waals surface area contributed by atoms with E-state index in [9.17, 15) is 14.4 Å². The topological polar surface area (TPSA) is 127 Å². The van der Waals surface area contributed by atoms with Gasteiger partial charge in [-0.2, -0.15) is 5.10 Å². The largest absolute Gasteiger partial charge is 0.497 e. The Morgan fingerprint density at radius 3 is 2.56 bits per heavy atom. The molecule has 0 heterocycles. The van der Waals surface area contributed by atoms with Gasteiger partial charge < -0.3 is 24.8 Å². The van der Waals surface area contributed by atoms with E-state index in [1.165, 1.54) is 6.21 Å². The number of benzene rings is 2. The van der Waals surface area contributed by atoms with Gasteiger partial charge in [0.1, 0.15) is 11.5 Å². The summed E-state index contributed by atoms with van der Waals surface area (Å²) in [4.78, 5) is 35.7. The van der Waals surface area contributed by atoms with E-state index in [1.807, 2.05) is 13.8 Å². The van der Waals surface area contributed by atoms with Gasteiger partial charge in [0.2, 0.25) is 0 Å². The number of rotatable bonds is 12. The second-order valence-corrected chi connectivity index (χ2v) is 7.37. The normalized spacial score (nSPS) is 10.7.